The van der Waals surface area contributed by atoms with Crippen LogP contribution >= 0.6 is 15.9 Å². The van der Waals surface area contributed by atoms with Crippen LogP contribution in [0.3, 0.4) is 0 Å². The molecular formula is C6H6BrNO2. The molecule has 4 heteroatoms. The van der Waals surface area contributed by atoms with Crippen LogP contribution in [0.2, 0.25) is 0 Å². The number of rotatable bonds is 1. The smallest absolute Gasteiger partial charge is 0.248 e. The molecule has 0 atom stereocenters. The van der Waals surface area contributed by atoms with Gasteiger partial charge in [0.25, 0.3) is 0 Å². The number of halogens is 1. The Kier molecular flexibility index (Phi) is 2.11. The van der Waals surface area contributed by atoms with Gasteiger partial charge >= 0.3 is 0 Å². The van der Waals surface area contributed by atoms with E-state index in [4.69, 9.17) is 4.74 Å². The van der Waals surface area contributed by atoms with Gasteiger partial charge in [-0.25, -0.2) is 0 Å². The zero-order chi connectivity index (χ0) is 7.56. The number of ether oxygens (including phenoxy) is 1. The van der Waals surface area contributed by atoms with E-state index in [-0.39, 0.29) is 5.56 Å². The number of H-pyrrole nitrogens is 1. The molecular weight excluding hydrogens is 198 g/mol. The van der Waals surface area contributed by atoms with Gasteiger partial charge in [0.1, 0.15) is 10.4 Å². The fourth-order valence-electron chi connectivity index (χ4n) is 0.594. The first-order valence-electron chi connectivity index (χ1n) is 2.67. The SMILES string of the molecule is COc1ccc(=O)[nH]c1Br. The summed E-state index contributed by atoms with van der Waals surface area (Å²) in [5.41, 5.74) is -0.146. The Morgan fingerprint density at radius 3 is 2.80 bits per heavy atom. The zero-order valence-electron chi connectivity index (χ0n) is 5.35. The van der Waals surface area contributed by atoms with Crippen LogP contribution in [-0.2, 0) is 0 Å². The Labute approximate surface area is 66.2 Å². The number of aromatic amines is 1. The van der Waals surface area contributed by atoms with Crippen molar-refractivity contribution in [2.45, 2.75) is 0 Å². The van der Waals surface area contributed by atoms with Crippen molar-refractivity contribution in [3.63, 3.8) is 0 Å². The Hall–Kier alpha value is -0.770. The summed E-state index contributed by atoms with van der Waals surface area (Å²) in [5, 5.41) is 0. The third-order valence-electron chi connectivity index (χ3n) is 1.06. The second-order valence-corrected chi connectivity index (χ2v) is 2.50. The lowest BCUT2D eigenvalue weighted by atomic mass is 10.5. The number of hydrogen-bond donors (Lipinski definition) is 1. The predicted molar refractivity (Wildman–Crippen MR) is 41.3 cm³/mol. The second-order valence-electron chi connectivity index (χ2n) is 1.70. The van der Waals surface area contributed by atoms with Crippen molar-refractivity contribution >= 4 is 15.9 Å². The van der Waals surface area contributed by atoms with Crippen LogP contribution in [0.1, 0.15) is 0 Å². The molecule has 1 rings (SSSR count). The van der Waals surface area contributed by atoms with E-state index in [2.05, 4.69) is 20.9 Å². The first-order chi connectivity index (χ1) is 4.74. The number of pyridine rings is 1. The van der Waals surface area contributed by atoms with E-state index in [0.717, 1.165) is 0 Å². The van der Waals surface area contributed by atoms with Gasteiger partial charge in [-0.15, -0.1) is 0 Å². The lowest BCUT2D eigenvalue weighted by molar-refractivity contribution is 0.409. The largest absolute Gasteiger partial charge is 0.494 e. The van der Waals surface area contributed by atoms with Gasteiger partial charge in [-0.2, -0.15) is 0 Å². The number of hydrogen-bond acceptors (Lipinski definition) is 2. The normalized spacial score (nSPS) is 9.40. The topological polar surface area (TPSA) is 42.1 Å². The van der Waals surface area contributed by atoms with Gasteiger partial charge in [0.05, 0.1) is 7.11 Å². The fraction of sp³-hybridized carbons (Fsp3) is 0.167. The summed E-state index contributed by atoms with van der Waals surface area (Å²) in [7, 11) is 1.54. The lowest BCUT2D eigenvalue weighted by Crippen LogP contribution is -2.03. The standard InChI is InChI=1S/C6H6BrNO2/c1-10-4-2-3-5(9)8-6(4)7/h2-3H,1H3,(H,8,9). The highest BCUT2D eigenvalue weighted by Gasteiger charge is 1.96. The van der Waals surface area contributed by atoms with Gasteiger partial charge in [0, 0.05) is 6.07 Å². The maximum absolute atomic E-state index is 10.6. The average molecular weight is 204 g/mol. The Bertz CT molecular complexity index is 281. The molecule has 1 aromatic rings. The lowest BCUT2D eigenvalue weighted by Gasteiger charge is -1.99. The highest BCUT2D eigenvalue weighted by molar-refractivity contribution is 9.10. The summed E-state index contributed by atoms with van der Waals surface area (Å²) in [6, 6.07) is 3.01. The summed E-state index contributed by atoms with van der Waals surface area (Å²) >= 11 is 3.13. The van der Waals surface area contributed by atoms with E-state index in [9.17, 15) is 4.79 Å². The highest BCUT2D eigenvalue weighted by Crippen LogP contribution is 2.18. The van der Waals surface area contributed by atoms with Crippen molar-refractivity contribution in [2.24, 2.45) is 0 Å². The van der Waals surface area contributed by atoms with E-state index in [1.165, 1.54) is 6.07 Å². The molecule has 0 radical (unpaired) electrons. The molecule has 0 aliphatic heterocycles. The molecule has 0 saturated carbocycles. The van der Waals surface area contributed by atoms with Crippen molar-refractivity contribution < 1.29 is 4.74 Å². The molecule has 1 aromatic heterocycles. The number of methoxy groups -OCH3 is 1. The van der Waals surface area contributed by atoms with Gasteiger partial charge in [-0.3, -0.25) is 4.79 Å². The molecule has 0 aliphatic rings. The molecule has 0 spiro atoms. The molecule has 1 heterocycles. The van der Waals surface area contributed by atoms with E-state index < -0.39 is 0 Å². The highest BCUT2D eigenvalue weighted by atomic mass is 79.9. The van der Waals surface area contributed by atoms with Crippen molar-refractivity contribution in [1.29, 1.82) is 0 Å². The minimum Gasteiger partial charge on any atom is -0.494 e. The molecule has 0 aliphatic carbocycles. The summed E-state index contributed by atoms with van der Waals surface area (Å²) < 4.78 is 5.45. The van der Waals surface area contributed by atoms with Crippen LogP contribution in [0, 0.1) is 0 Å². The molecule has 3 nitrogen and oxygen atoms in total. The van der Waals surface area contributed by atoms with E-state index in [1.807, 2.05) is 0 Å². The summed E-state index contributed by atoms with van der Waals surface area (Å²) in [5.74, 6) is 0.625. The Balaban J connectivity index is 3.19. The van der Waals surface area contributed by atoms with Gasteiger partial charge in [0.2, 0.25) is 5.56 Å². The molecule has 0 fully saturated rings. The summed E-state index contributed by atoms with van der Waals surface area (Å²) in [4.78, 5) is 13.1. The summed E-state index contributed by atoms with van der Waals surface area (Å²) in [6.07, 6.45) is 0. The van der Waals surface area contributed by atoms with Crippen LogP contribution in [0.5, 0.6) is 5.75 Å². The monoisotopic (exact) mass is 203 g/mol. The average Bonchev–Trinajstić information content (AvgIpc) is 1.88. The van der Waals surface area contributed by atoms with Gasteiger partial charge in [-0.1, -0.05) is 0 Å². The van der Waals surface area contributed by atoms with Crippen molar-refractivity contribution in [2.75, 3.05) is 7.11 Å². The molecule has 0 aromatic carbocycles. The quantitative estimate of drug-likeness (QED) is 0.697. The van der Waals surface area contributed by atoms with Gasteiger partial charge in [0.15, 0.2) is 0 Å². The van der Waals surface area contributed by atoms with Crippen LogP contribution in [0.4, 0.5) is 0 Å². The Morgan fingerprint density at radius 1 is 1.60 bits per heavy atom. The molecule has 0 bridgehead atoms. The van der Waals surface area contributed by atoms with Gasteiger partial charge < -0.3 is 9.72 Å². The van der Waals surface area contributed by atoms with E-state index in [0.29, 0.717) is 10.4 Å². The van der Waals surface area contributed by atoms with Gasteiger partial charge in [-0.05, 0) is 22.0 Å². The maximum Gasteiger partial charge on any atom is 0.248 e. The number of nitrogens with one attached hydrogen (secondary N) is 1. The third kappa shape index (κ3) is 1.39. The van der Waals surface area contributed by atoms with Crippen LogP contribution in [-0.4, -0.2) is 12.1 Å². The zero-order valence-corrected chi connectivity index (χ0v) is 6.94. The molecule has 0 unspecified atom stereocenters. The molecule has 0 amide bonds. The molecule has 0 saturated heterocycles. The molecule has 10 heavy (non-hydrogen) atoms. The fourth-order valence-corrected chi connectivity index (χ4v) is 1.08. The minimum atomic E-state index is -0.146. The van der Waals surface area contributed by atoms with E-state index in [1.54, 1.807) is 13.2 Å². The van der Waals surface area contributed by atoms with Crippen molar-refractivity contribution in [3.8, 4) is 5.75 Å². The first kappa shape index (κ1) is 7.34. The Morgan fingerprint density at radius 2 is 2.30 bits per heavy atom. The van der Waals surface area contributed by atoms with Crippen LogP contribution < -0.4 is 10.3 Å². The van der Waals surface area contributed by atoms with E-state index >= 15 is 0 Å². The summed E-state index contributed by atoms with van der Waals surface area (Å²) in [6.45, 7) is 0. The molecule has 1 N–H and O–H groups in total. The van der Waals surface area contributed by atoms with Crippen LogP contribution in [0.15, 0.2) is 21.5 Å². The second kappa shape index (κ2) is 2.88. The van der Waals surface area contributed by atoms with Crippen LogP contribution in [0.25, 0.3) is 0 Å². The van der Waals surface area contributed by atoms with Crippen molar-refractivity contribution in [1.82, 2.24) is 4.98 Å². The molecule has 54 valence electrons. The first-order valence-corrected chi connectivity index (χ1v) is 3.46. The minimum absolute atomic E-state index is 0.146. The third-order valence-corrected chi connectivity index (χ3v) is 1.64. The van der Waals surface area contributed by atoms with Crippen molar-refractivity contribution in [3.05, 3.63) is 27.1 Å². The number of aromatic nitrogens is 1. The maximum atomic E-state index is 10.6. The predicted octanol–water partition coefficient (Wildman–Crippen LogP) is 1.15.